The summed E-state index contributed by atoms with van der Waals surface area (Å²) in [7, 11) is -3.64. The minimum atomic E-state index is -3.64. The number of carbonyl (C=O) groups is 2. The van der Waals surface area contributed by atoms with Gasteiger partial charge in [-0.2, -0.15) is 0 Å². The number of carbonyl (C=O) groups excluding carboxylic acids is 2. The van der Waals surface area contributed by atoms with E-state index in [4.69, 9.17) is 4.74 Å². The van der Waals surface area contributed by atoms with Crippen molar-refractivity contribution < 1.29 is 22.7 Å². The molecule has 1 amide bonds. The maximum absolute atomic E-state index is 12.9. The maximum Gasteiger partial charge on any atom is 0.311 e. The SMILES string of the molecule is C=CCn1c(CS(=O)(=O)c2ccc(C)cc2)nnc1SC(C)C(=O)Nc1nc(CC(=O)OCC)cs1. The molecule has 1 aromatic carbocycles. The average Bonchev–Trinajstić information content (AvgIpc) is 3.41. The lowest BCUT2D eigenvalue weighted by molar-refractivity contribution is -0.142. The molecule has 0 aliphatic carbocycles. The van der Waals surface area contributed by atoms with E-state index in [1.165, 1.54) is 11.3 Å². The van der Waals surface area contributed by atoms with Gasteiger partial charge in [-0.25, -0.2) is 13.4 Å². The molecule has 2 heterocycles. The molecule has 1 N–H and O–H groups in total. The molecule has 192 valence electrons. The van der Waals surface area contributed by atoms with Gasteiger partial charge in [0.05, 0.1) is 28.9 Å². The Balaban J connectivity index is 1.68. The van der Waals surface area contributed by atoms with Gasteiger partial charge in [-0.05, 0) is 32.9 Å². The van der Waals surface area contributed by atoms with Gasteiger partial charge >= 0.3 is 5.97 Å². The molecule has 0 saturated heterocycles. The van der Waals surface area contributed by atoms with Crippen LogP contribution in [0.15, 0.2) is 52.4 Å². The molecule has 0 saturated carbocycles. The van der Waals surface area contributed by atoms with Gasteiger partial charge < -0.3 is 14.6 Å². The summed E-state index contributed by atoms with van der Waals surface area (Å²) in [4.78, 5) is 28.8. The molecule has 0 spiro atoms. The number of allylic oxidation sites excluding steroid dienone is 1. The third kappa shape index (κ3) is 7.24. The zero-order chi connectivity index (χ0) is 26.3. The normalized spacial score (nSPS) is 12.2. The fourth-order valence-corrected chi connectivity index (χ4v) is 5.91. The molecule has 0 aliphatic rings. The van der Waals surface area contributed by atoms with Crippen LogP contribution in [0.1, 0.15) is 30.9 Å². The van der Waals surface area contributed by atoms with Crippen molar-refractivity contribution >= 4 is 49.9 Å². The van der Waals surface area contributed by atoms with Crippen molar-refractivity contribution in [3.05, 3.63) is 59.4 Å². The Hall–Kier alpha value is -3.03. The number of anilines is 1. The number of hydrogen-bond donors (Lipinski definition) is 1. The number of aryl methyl sites for hydroxylation is 1. The standard InChI is InChI=1S/C23H27N5O5S3/c1-5-11-28-19(14-36(31,32)18-9-7-15(3)8-10-18)26-27-23(28)35-16(4)21(30)25-22-24-17(13-34-22)12-20(29)33-6-2/h5,7-10,13,16H,1,6,11-12,14H2,2-4H3,(H,24,25,30). The quantitative estimate of drug-likeness (QED) is 0.205. The summed E-state index contributed by atoms with van der Waals surface area (Å²) >= 11 is 2.35. The van der Waals surface area contributed by atoms with Crippen LogP contribution in [0.5, 0.6) is 0 Å². The zero-order valence-electron chi connectivity index (χ0n) is 20.1. The predicted octanol–water partition coefficient (Wildman–Crippen LogP) is 3.43. The van der Waals surface area contributed by atoms with Crippen LogP contribution in [0.4, 0.5) is 5.13 Å². The van der Waals surface area contributed by atoms with E-state index in [0.29, 0.717) is 16.0 Å². The van der Waals surface area contributed by atoms with Crippen molar-refractivity contribution in [2.45, 2.75) is 54.8 Å². The first-order valence-electron chi connectivity index (χ1n) is 11.0. The number of aromatic nitrogens is 4. The molecule has 0 fully saturated rings. The molecule has 0 bridgehead atoms. The Morgan fingerprint density at radius 2 is 2.00 bits per heavy atom. The first-order valence-corrected chi connectivity index (χ1v) is 14.4. The van der Waals surface area contributed by atoms with Crippen molar-refractivity contribution in [1.82, 2.24) is 19.7 Å². The third-order valence-electron chi connectivity index (χ3n) is 4.87. The van der Waals surface area contributed by atoms with E-state index in [2.05, 4.69) is 27.1 Å². The monoisotopic (exact) mass is 549 g/mol. The van der Waals surface area contributed by atoms with Crippen LogP contribution < -0.4 is 5.32 Å². The molecular formula is C23H27N5O5S3. The average molecular weight is 550 g/mol. The van der Waals surface area contributed by atoms with Gasteiger partial charge in [0.15, 0.2) is 20.1 Å². The zero-order valence-corrected chi connectivity index (χ0v) is 22.6. The van der Waals surface area contributed by atoms with Crippen LogP contribution >= 0.6 is 23.1 Å². The van der Waals surface area contributed by atoms with Crippen LogP contribution in [0, 0.1) is 6.92 Å². The van der Waals surface area contributed by atoms with Crippen LogP contribution in [0.25, 0.3) is 0 Å². The van der Waals surface area contributed by atoms with E-state index in [-0.39, 0.29) is 47.9 Å². The smallest absolute Gasteiger partial charge is 0.311 e. The number of rotatable bonds is 12. The Bertz CT molecular complexity index is 1330. The second-order valence-corrected chi connectivity index (χ2v) is 11.9. The summed E-state index contributed by atoms with van der Waals surface area (Å²) in [5.74, 6) is -0.778. The Kier molecular flexibility index (Phi) is 9.40. The summed E-state index contributed by atoms with van der Waals surface area (Å²) < 4.78 is 32.4. The minimum absolute atomic E-state index is 0.0312. The van der Waals surface area contributed by atoms with E-state index < -0.39 is 15.1 Å². The number of benzene rings is 1. The molecule has 13 heteroatoms. The van der Waals surface area contributed by atoms with Gasteiger partial charge in [-0.3, -0.25) is 9.59 Å². The van der Waals surface area contributed by atoms with E-state index in [1.54, 1.807) is 54.1 Å². The van der Waals surface area contributed by atoms with Crippen LogP contribution in [-0.4, -0.2) is 51.9 Å². The number of thiazole rings is 1. The van der Waals surface area contributed by atoms with Crippen molar-refractivity contribution in [3.8, 4) is 0 Å². The number of nitrogens with zero attached hydrogens (tertiary/aromatic N) is 4. The van der Waals surface area contributed by atoms with E-state index >= 15 is 0 Å². The summed E-state index contributed by atoms with van der Waals surface area (Å²) in [6.45, 7) is 9.61. The van der Waals surface area contributed by atoms with Gasteiger partial charge in [-0.15, -0.1) is 28.1 Å². The molecule has 1 unspecified atom stereocenters. The lowest BCUT2D eigenvalue weighted by Gasteiger charge is -2.12. The highest BCUT2D eigenvalue weighted by Crippen LogP contribution is 2.26. The highest BCUT2D eigenvalue weighted by molar-refractivity contribution is 8.00. The number of esters is 1. The molecule has 3 rings (SSSR count). The number of amides is 1. The lowest BCUT2D eigenvalue weighted by Crippen LogP contribution is -2.23. The van der Waals surface area contributed by atoms with Crippen LogP contribution in [-0.2, 0) is 42.9 Å². The van der Waals surface area contributed by atoms with Crippen LogP contribution in [0.3, 0.4) is 0 Å². The molecule has 10 nitrogen and oxygen atoms in total. The second-order valence-electron chi connectivity index (χ2n) is 7.75. The maximum atomic E-state index is 12.9. The first-order chi connectivity index (χ1) is 17.1. The summed E-state index contributed by atoms with van der Waals surface area (Å²) in [5, 5.41) is 12.8. The largest absolute Gasteiger partial charge is 0.466 e. The fourth-order valence-electron chi connectivity index (χ4n) is 3.05. The van der Waals surface area contributed by atoms with E-state index in [1.807, 2.05) is 6.92 Å². The van der Waals surface area contributed by atoms with Crippen molar-refractivity contribution in [1.29, 1.82) is 0 Å². The van der Waals surface area contributed by atoms with E-state index in [9.17, 15) is 18.0 Å². The van der Waals surface area contributed by atoms with Gasteiger partial charge in [-0.1, -0.05) is 35.5 Å². The number of sulfone groups is 1. The topological polar surface area (TPSA) is 133 Å². The van der Waals surface area contributed by atoms with E-state index in [0.717, 1.165) is 17.3 Å². The molecule has 3 aromatic rings. The van der Waals surface area contributed by atoms with Crippen molar-refractivity contribution in [2.24, 2.45) is 0 Å². The number of thioether (sulfide) groups is 1. The first kappa shape index (κ1) is 27.6. The summed E-state index contributed by atoms with van der Waals surface area (Å²) in [6, 6.07) is 6.62. The number of nitrogens with one attached hydrogen (secondary N) is 1. The molecule has 36 heavy (non-hydrogen) atoms. The molecule has 0 aliphatic heterocycles. The fraction of sp³-hybridized carbons (Fsp3) is 0.348. The predicted molar refractivity (Wildman–Crippen MR) is 139 cm³/mol. The highest BCUT2D eigenvalue weighted by atomic mass is 32.2. The van der Waals surface area contributed by atoms with Crippen molar-refractivity contribution in [3.63, 3.8) is 0 Å². The van der Waals surface area contributed by atoms with Crippen molar-refractivity contribution in [2.75, 3.05) is 11.9 Å². The minimum Gasteiger partial charge on any atom is -0.466 e. The summed E-state index contributed by atoms with van der Waals surface area (Å²) in [5.41, 5.74) is 1.47. The molecular weight excluding hydrogens is 522 g/mol. The summed E-state index contributed by atoms with van der Waals surface area (Å²) in [6.07, 6.45) is 1.64. The Morgan fingerprint density at radius 3 is 2.67 bits per heavy atom. The third-order valence-corrected chi connectivity index (χ3v) is 8.38. The molecule has 1 atom stereocenters. The number of ether oxygens (including phenoxy) is 1. The lowest BCUT2D eigenvalue weighted by atomic mass is 10.2. The van der Waals surface area contributed by atoms with Gasteiger partial charge in [0.2, 0.25) is 5.91 Å². The van der Waals surface area contributed by atoms with Gasteiger partial charge in [0.25, 0.3) is 0 Å². The Labute approximate surface area is 218 Å². The van der Waals surface area contributed by atoms with Gasteiger partial charge in [0, 0.05) is 11.9 Å². The highest BCUT2D eigenvalue weighted by Gasteiger charge is 2.24. The number of hydrogen-bond acceptors (Lipinski definition) is 10. The second kappa shape index (κ2) is 12.3. The molecule has 0 radical (unpaired) electrons. The van der Waals surface area contributed by atoms with Gasteiger partial charge in [0.1, 0.15) is 11.6 Å². The Morgan fingerprint density at radius 1 is 1.28 bits per heavy atom. The molecule has 2 aromatic heterocycles. The van der Waals surface area contributed by atoms with Crippen LogP contribution in [0.2, 0.25) is 0 Å².